The number of carbonyl (C=O) groups excluding carboxylic acids is 1. The van der Waals surface area contributed by atoms with E-state index in [1.54, 1.807) is 24.3 Å². The molecule has 0 saturated carbocycles. The maximum atomic E-state index is 12.0. The molecule has 2 aromatic carbocycles. The summed E-state index contributed by atoms with van der Waals surface area (Å²) in [5, 5.41) is 22.2. The van der Waals surface area contributed by atoms with Crippen LogP contribution in [0.25, 0.3) is 0 Å². The molecule has 0 bridgehead atoms. The van der Waals surface area contributed by atoms with Gasteiger partial charge in [0.25, 0.3) is 0 Å². The summed E-state index contributed by atoms with van der Waals surface area (Å²) in [5.74, 6) is -0.00895. The van der Waals surface area contributed by atoms with Crippen LogP contribution >= 0.6 is 0 Å². The number of nitrogens with zero attached hydrogens (tertiary/aromatic N) is 1. The Hall–Kier alpha value is -3.40. The van der Waals surface area contributed by atoms with Gasteiger partial charge in [0, 0.05) is 17.3 Å². The fraction of sp³-hybridized carbons (Fsp3) is 0.263. The van der Waals surface area contributed by atoms with Crippen molar-refractivity contribution < 1.29 is 19.4 Å². The Kier molecular flexibility index (Phi) is 6.28. The van der Waals surface area contributed by atoms with Crippen molar-refractivity contribution >= 4 is 11.6 Å². The van der Waals surface area contributed by atoms with E-state index in [2.05, 4.69) is 5.32 Å². The molecular weight excluding hydrogens is 334 g/mol. The number of ether oxygens (including phenoxy) is 2. The van der Waals surface area contributed by atoms with E-state index in [9.17, 15) is 9.90 Å². The Balaban J connectivity index is 2.40. The highest BCUT2D eigenvalue weighted by molar-refractivity contribution is 5.85. The Morgan fingerprint density at radius 3 is 2.27 bits per heavy atom. The highest BCUT2D eigenvalue weighted by Gasteiger charge is 2.24. The number of phenolic OH excluding ortho intramolecular Hbond substituents is 1. The number of primary amides is 1. The lowest BCUT2D eigenvalue weighted by molar-refractivity contribution is -0.118. The molecule has 0 aliphatic heterocycles. The molecule has 0 radical (unpaired) electrons. The Labute approximate surface area is 152 Å². The first-order valence-corrected chi connectivity index (χ1v) is 8.18. The molecular formula is C19H21N3O4. The first-order valence-electron chi connectivity index (χ1n) is 8.18. The van der Waals surface area contributed by atoms with Gasteiger partial charge in [-0.1, -0.05) is 0 Å². The lowest BCUT2D eigenvalue weighted by atomic mass is 10.0. The quantitative estimate of drug-likeness (QED) is 0.670. The van der Waals surface area contributed by atoms with Gasteiger partial charge in [-0.15, -0.1) is 0 Å². The van der Waals surface area contributed by atoms with Crippen LogP contribution in [0.5, 0.6) is 17.2 Å². The van der Waals surface area contributed by atoms with Crippen molar-refractivity contribution in [2.45, 2.75) is 19.9 Å². The number of nitrogens with one attached hydrogen (secondary N) is 1. The molecule has 0 fully saturated rings. The van der Waals surface area contributed by atoms with Gasteiger partial charge in [-0.3, -0.25) is 4.79 Å². The number of benzene rings is 2. The second-order valence-corrected chi connectivity index (χ2v) is 5.39. The summed E-state index contributed by atoms with van der Waals surface area (Å²) < 4.78 is 11.0. The van der Waals surface area contributed by atoms with Gasteiger partial charge in [-0.2, -0.15) is 5.26 Å². The second-order valence-electron chi connectivity index (χ2n) is 5.39. The number of carbonyl (C=O) groups is 1. The molecule has 0 saturated heterocycles. The van der Waals surface area contributed by atoms with E-state index in [-0.39, 0.29) is 11.3 Å². The largest absolute Gasteiger partial charge is 0.507 e. The summed E-state index contributed by atoms with van der Waals surface area (Å²) >= 11 is 0. The van der Waals surface area contributed by atoms with Crippen LogP contribution in [0, 0.1) is 11.3 Å². The van der Waals surface area contributed by atoms with Crippen molar-refractivity contribution in [2.75, 3.05) is 18.5 Å². The third-order valence-corrected chi connectivity index (χ3v) is 3.61. The molecule has 136 valence electrons. The van der Waals surface area contributed by atoms with Crippen molar-refractivity contribution in [2.24, 2.45) is 5.73 Å². The summed E-state index contributed by atoms with van der Waals surface area (Å²) in [6, 6.07) is 10.5. The van der Waals surface area contributed by atoms with Crippen molar-refractivity contribution in [3.8, 4) is 23.3 Å². The topological polar surface area (TPSA) is 118 Å². The van der Waals surface area contributed by atoms with Crippen molar-refractivity contribution in [3.05, 3.63) is 47.5 Å². The van der Waals surface area contributed by atoms with Gasteiger partial charge in [-0.25, -0.2) is 0 Å². The molecule has 7 nitrogen and oxygen atoms in total. The molecule has 7 heteroatoms. The fourth-order valence-electron chi connectivity index (χ4n) is 2.44. The predicted octanol–water partition coefficient (Wildman–Crippen LogP) is 2.70. The van der Waals surface area contributed by atoms with Gasteiger partial charge in [0.15, 0.2) is 11.5 Å². The molecule has 0 aliphatic carbocycles. The third kappa shape index (κ3) is 4.36. The lowest BCUT2D eigenvalue weighted by Crippen LogP contribution is -2.28. The summed E-state index contributed by atoms with van der Waals surface area (Å²) in [4.78, 5) is 12.0. The SMILES string of the molecule is CCOc1cc(O)c(C(Nc2ccc(C#N)cc2)C(N)=O)cc1OCC. The Morgan fingerprint density at radius 2 is 1.77 bits per heavy atom. The van der Waals surface area contributed by atoms with Gasteiger partial charge >= 0.3 is 0 Å². The minimum atomic E-state index is -0.988. The van der Waals surface area contributed by atoms with Crippen LogP contribution in [0.15, 0.2) is 36.4 Å². The average Bonchev–Trinajstić information content (AvgIpc) is 2.63. The fourth-order valence-corrected chi connectivity index (χ4v) is 2.44. The molecule has 1 unspecified atom stereocenters. The van der Waals surface area contributed by atoms with E-state index in [1.165, 1.54) is 12.1 Å². The molecule has 1 amide bonds. The molecule has 0 spiro atoms. The van der Waals surface area contributed by atoms with Crippen LogP contribution in [0.4, 0.5) is 5.69 Å². The summed E-state index contributed by atoms with van der Waals surface area (Å²) in [5.41, 5.74) is 6.87. The number of anilines is 1. The number of aromatic hydroxyl groups is 1. The second kappa shape index (κ2) is 8.62. The number of phenols is 1. The summed E-state index contributed by atoms with van der Waals surface area (Å²) in [7, 11) is 0. The number of nitriles is 1. The zero-order chi connectivity index (χ0) is 19.1. The first-order chi connectivity index (χ1) is 12.5. The zero-order valence-electron chi connectivity index (χ0n) is 14.7. The van der Waals surface area contributed by atoms with E-state index in [4.69, 9.17) is 20.5 Å². The summed E-state index contributed by atoms with van der Waals surface area (Å²) in [6.07, 6.45) is 0. The van der Waals surface area contributed by atoms with Gasteiger partial charge in [0.2, 0.25) is 5.91 Å². The van der Waals surface area contributed by atoms with Crippen molar-refractivity contribution in [1.82, 2.24) is 0 Å². The van der Waals surface area contributed by atoms with Crippen molar-refractivity contribution in [1.29, 1.82) is 5.26 Å². The number of hydrogen-bond acceptors (Lipinski definition) is 6. The predicted molar refractivity (Wildman–Crippen MR) is 97.2 cm³/mol. The van der Waals surface area contributed by atoms with Gasteiger partial charge in [0.05, 0.1) is 24.8 Å². The van der Waals surface area contributed by atoms with Crippen LogP contribution in [0.1, 0.15) is 31.0 Å². The van der Waals surface area contributed by atoms with E-state index in [1.807, 2.05) is 19.9 Å². The Bertz CT molecular complexity index is 813. The minimum absolute atomic E-state index is 0.137. The monoisotopic (exact) mass is 355 g/mol. The number of rotatable bonds is 8. The van der Waals surface area contributed by atoms with Crippen LogP contribution in [-0.4, -0.2) is 24.2 Å². The zero-order valence-corrected chi connectivity index (χ0v) is 14.7. The van der Waals surface area contributed by atoms with E-state index >= 15 is 0 Å². The molecule has 2 rings (SSSR count). The smallest absolute Gasteiger partial charge is 0.244 e. The lowest BCUT2D eigenvalue weighted by Gasteiger charge is -2.20. The minimum Gasteiger partial charge on any atom is -0.507 e. The number of amides is 1. The van der Waals surface area contributed by atoms with E-state index in [0.717, 1.165) is 0 Å². The van der Waals surface area contributed by atoms with E-state index < -0.39 is 11.9 Å². The van der Waals surface area contributed by atoms with Crippen molar-refractivity contribution in [3.63, 3.8) is 0 Å². The normalized spacial score (nSPS) is 11.3. The van der Waals surface area contributed by atoms with Gasteiger partial charge in [0.1, 0.15) is 11.8 Å². The molecule has 0 aliphatic rings. The molecule has 2 aromatic rings. The number of nitrogens with two attached hydrogens (primary N) is 1. The molecule has 26 heavy (non-hydrogen) atoms. The third-order valence-electron chi connectivity index (χ3n) is 3.61. The highest BCUT2D eigenvalue weighted by atomic mass is 16.5. The van der Waals surface area contributed by atoms with Crippen LogP contribution < -0.4 is 20.5 Å². The van der Waals surface area contributed by atoms with Gasteiger partial charge in [-0.05, 0) is 44.2 Å². The maximum absolute atomic E-state index is 12.0. The highest BCUT2D eigenvalue weighted by Crippen LogP contribution is 2.38. The maximum Gasteiger partial charge on any atom is 0.244 e. The van der Waals surface area contributed by atoms with E-state index in [0.29, 0.717) is 36.0 Å². The number of hydrogen-bond donors (Lipinski definition) is 3. The van der Waals surface area contributed by atoms with Crippen LogP contribution in [-0.2, 0) is 4.79 Å². The standard InChI is InChI=1S/C19H21N3O4/c1-3-25-16-9-14(15(23)10-17(16)26-4-2)18(19(21)24)22-13-7-5-12(11-20)6-8-13/h5-10,18,22-23H,3-4H2,1-2H3,(H2,21,24). The van der Waals surface area contributed by atoms with Crippen LogP contribution in [0.3, 0.4) is 0 Å². The van der Waals surface area contributed by atoms with Crippen LogP contribution in [0.2, 0.25) is 0 Å². The summed E-state index contributed by atoms with van der Waals surface area (Å²) in [6.45, 7) is 4.44. The van der Waals surface area contributed by atoms with Gasteiger partial charge < -0.3 is 25.6 Å². The average molecular weight is 355 g/mol. The molecule has 4 N–H and O–H groups in total. The first kappa shape index (κ1) is 18.9. The molecule has 0 heterocycles. The Morgan fingerprint density at radius 1 is 1.19 bits per heavy atom. The molecule has 0 aromatic heterocycles. The molecule has 1 atom stereocenters.